The van der Waals surface area contributed by atoms with Crippen molar-refractivity contribution in [3.63, 3.8) is 0 Å². The Morgan fingerprint density at radius 3 is 2.76 bits per heavy atom. The van der Waals surface area contributed by atoms with Crippen LogP contribution in [0.4, 0.5) is 5.69 Å². The summed E-state index contributed by atoms with van der Waals surface area (Å²) >= 11 is 0. The molecule has 5 heteroatoms. The molecule has 0 atom stereocenters. The van der Waals surface area contributed by atoms with Crippen molar-refractivity contribution in [2.24, 2.45) is 0 Å². The number of Topliss-reactive ketones (excluding diaryl/α,β-unsaturated/α-hetero) is 1. The van der Waals surface area contributed by atoms with E-state index in [2.05, 4.69) is 10.4 Å². The zero-order valence-corrected chi connectivity index (χ0v) is 13.6. The Labute approximate surface area is 145 Å². The van der Waals surface area contributed by atoms with Gasteiger partial charge in [0.1, 0.15) is 0 Å². The van der Waals surface area contributed by atoms with Gasteiger partial charge in [-0.15, -0.1) is 0 Å². The van der Waals surface area contributed by atoms with E-state index in [1.807, 2.05) is 30.3 Å². The van der Waals surface area contributed by atoms with E-state index in [0.29, 0.717) is 36.2 Å². The summed E-state index contributed by atoms with van der Waals surface area (Å²) < 4.78 is 1.78. The highest BCUT2D eigenvalue weighted by molar-refractivity contribution is 6.09. The number of hydrogen-bond acceptors (Lipinski definition) is 3. The van der Waals surface area contributed by atoms with Gasteiger partial charge in [-0.25, -0.2) is 0 Å². The van der Waals surface area contributed by atoms with Gasteiger partial charge in [0.25, 0.3) is 5.91 Å². The van der Waals surface area contributed by atoms with E-state index in [-0.39, 0.29) is 11.7 Å². The largest absolute Gasteiger partial charge is 0.319 e. The van der Waals surface area contributed by atoms with E-state index in [4.69, 9.17) is 0 Å². The Balaban J connectivity index is 1.50. The molecule has 0 bridgehead atoms. The number of aromatic nitrogens is 2. The molecule has 0 saturated carbocycles. The van der Waals surface area contributed by atoms with Crippen LogP contribution in [0.2, 0.25) is 0 Å². The van der Waals surface area contributed by atoms with Gasteiger partial charge in [0.15, 0.2) is 5.78 Å². The summed E-state index contributed by atoms with van der Waals surface area (Å²) in [6, 6.07) is 15.3. The Morgan fingerprint density at radius 1 is 1.08 bits per heavy atom. The van der Waals surface area contributed by atoms with Crippen molar-refractivity contribution < 1.29 is 9.59 Å². The molecule has 0 radical (unpaired) electrons. The lowest BCUT2D eigenvalue weighted by Crippen LogP contribution is -2.14. The minimum atomic E-state index is -0.203. The number of amides is 1. The molecule has 1 N–H and O–H groups in total. The fourth-order valence-electron chi connectivity index (χ4n) is 3.19. The van der Waals surface area contributed by atoms with E-state index in [1.54, 1.807) is 35.3 Å². The highest BCUT2D eigenvalue weighted by atomic mass is 16.1. The van der Waals surface area contributed by atoms with Crippen molar-refractivity contribution >= 4 is 17.4 Å². The minimum Gasteiger partial charge on any atom is -0.319 e. The highest BCUT2D eigenvalue weighted by Crippen LogP contribution is 2.26. The molecule has 4 rings (SSSR count). The normalized spacial score (nSPS) is 12.9. The van der Waals surface area contributed by atoms with Gasteiger partial charge in [-0.05, 0) is 23.6 Å². The van der Waals surface area contributed by atoms with Crippen LogP contribution in [0.15, 0.2) is 60.9 Å². The Kier molecular flexibility index (Phi) is 3.90. The van der Waals surface area contributed by atoms with Gasteiger partial charge in [0.2, 0.25) is 0 Å². The van der Waals surface area contributed by atoms with Crippen molar-refractivity contribution in [2.45, 2.75) is 19.4 Å². The molecule has 0 aliphatic heterocycles. The van der Waals surface area contributed by atoms with Gasteiger partial charge < -0.3 is 5.32 Å². The van der Waals surface area contributed by atoms with Gasteiger partial charge in [0.05, 0.1) is 18.4 Å². The van der Waals surface area contributed by atoms with Gasteiger partial charge in [0, 0.05) is 23.7 Å². The van der Waals surface area contributed by atoms with Crippen LogP contribution in [-0.2, 0) is 13.0 Å². The summed E-state index contributed by atoms with van der Waals surface area (Å²) in [4.78, 5) is 24.4. The van der Waals surface area contributed by atoms with Crippen molar-refractivity contribution in [3.05, 3.63) is 83.2 Å². The monoisotopic (exact) mass is 331 g/mol. The average Bonchev–Trinajstić information content (AvgIpc) is 3.22. The first-order chi connectivity index (χ1) is 12.2. The van der Waals surface area contributed by atoms with Gasteiger partial charge >= 0.3 is 0 Å². The lowest BCUT2D eigenvalue weighted by atomic mass is 10.0. The third-order valence-corrected chi connectivity index (χ3v) is 4.40. The number of anilines is 1. The number of nitrogens with one attached hydrogen (secondary N) is 1. The van der Waals surface area contributed by atoms with Crippen LogP contribution in [0.3, 0.4) is 0 Å². The highest BCUT2D eigenvalue weighted by Gasteiger charge is 2.24. The van der Waals surface area contributed by atoms with Crippen molar-refractivity contribution in [3.8, 4) is 0 Å². The third kappa shape index (κ3) is 3.08. The minimum absolute atomic E-state index is 0.111. The molecule has 1 aliphatic rings. The topological polar surface area (TPSA) is 64.0 Å². The maximum Gasteiger partial charge on any atom is 0.256 e. The molecule has 0 spiro atoms. The molecule has 1 aromatic heterocycles. The number of rotatable bonds is 4. The Hall–Kier alpha value is -3.21. The number of fused-ring (bicyclic) bond motifs is 1. The summed E-state index contributed by atoms with van der Waals surface area (Å²) in [6.07, 6.45) is 4.55. The molecule has 25 heavy (non-hydrogen) atoms. The standard InChI is InChI=1S/C20H17N3O2/c24-19-10-9-16-17(19)7-4-8-18(16)20(25)22-15-11-21-23(13-15)12-14-5-2-1-3-6-14/h1-8,11,13H,9-10,12H2,(H,22,25). The SMILES string of the molecule is O=C1CCc2c1cccc2C(=O)Nc1cnn(Cc2ccccc2)c1. The number of carbonyl (C=O) groups is 2. The van der Waals surface area contributed by atoms with Gasteiger partial charge in [-0.2, -0.15) is 5.10 Å². The summed E-state index contributed by atoms with van der Waals surface area (Å²) in [7, 11) is 0. The molecule has 124 valence electrons. The van der Waals surface area contributed by atoms with Crippen molar-refractivity contribution in [2.75, 3.05) is 5.32 Å². The first-order valence-electron chi connectivity index (χ1n) is 8.23. The van der Waals surface area contributed by atoms with E-state index >= 15 is 0 Å². The number of benzene rings is 2. The molecule has 1 heterocycles. The van der Waals surface area contributed by atoms with Crippen LogP contribution in [0, 0.1) is 0 Å². The molecule has 1 amide bonds. The fraction of sp³-hybridized carbons (Fsp3) is 0.150. The number of carbonyl (C=O) groups excluding carboxylic acids is 2. The van der Waals surface area contributed by atoms with E-state index < -0.39 is 0 Å². The second-order valence-corrected chi connectivity index (χ2v) is 6.12. The van der Waals surface area contributed by atoms with Crippen LogP contribution >= 0.6 is 0 Å². The number of nitrogens with zero attached hydrogens (tertiary/aromatic N) is 2. The molecule has 1 aliphatic carbocycles. The quantitative estimate of drug-likeness (QED) is 0.798. The lowest BCUT2D eigenvalue weighted by molar-refractivity contribution is 0.0993. The maximum absolute atomic E-state index is 12.6. The summed E-state index contributed by atoms with van der Waals surface area (Å²) in [5.41, 5.74) is 3.87. The van der Waals surface area contributed by atoms with Crippen LogP contribution in [0.25, 0.3) is 0 Å². The third-order valence-electron chi connectivity index (χ3n) is 4.40. The zero-order chi connectivity index (χ0) is 17.2. The summed E-state index contributed by atoms with van der Waals surface area (Å²) in [5, 5.41) is 7.17. The van der Waals surface area contributed by atoms with Crippen LogP contribution < -0.4 is 5.32 Å². The first kappa shape index (κ1) is 15.3. The van der Waals surface area contributed by atoms with Crippen molar-refractivity contribution in [1.29, 1.82) is 0 Å². The second kappa shape index (κ2) is 6.36. The Morgan fingerprint density at radius 2 is 1.92 bits per heavy atom. The van der Waals surface area contributed by atoms with E-state index in [9.17, 15) is 9.59 Å². The Bertz CT molecular complexity index is 945. The molecule has 0 saturated heterocycles. The number of hydrogen-bond donors (Lipinski definition) is 1. The molecule has 0 unspecified atom stereocenters. The second-order valence-electron chi connectivity index (χ2n) is 6.12. The van der Waals surface area contributed by atoms with Gasteiger partial charge in [-0.3, -0.25) is 14.3 Å². The smallest absolute Gasteiger partial charge is 0.256 e. The van der Waals surface area contributed by atoms with Crippen LogP contribution in [0.5, 0.6) is 0 Å². The zero-order valence-electron chi connectivity index (χ0n) is 13.6. The first-order valence-corrected chi connectivity index (χ1v) is 8.23. The fourth-order valence-corrected chi connectivity index (χ4v) is 3.19. The van der Waals surface area contributed by atoms with Gasteiger partial charge in [-0.1, -0.05) is 42.5 Å². The number of ketones is 1. The average molecular weight is 331 g/mol. The maximum atomic E-state index is 12.6. The van der Waals surface area contributed by atoms with Crippen LogP contribution in [-0.4, -0.2) is 21.5 Å². The predicted molar refractivity (Wildman–Crippen MR) is 94.8 cm³/mol. The molecule has 2 aromatic carbocycles. The summed E-state index contributed by atoms with van der Waals surface area (Å²) in [5.74, 6) is -0.0915. The van der Waals surface area contributed by atoms with Crippen LogP contribution in [0.1, 0.15) is 38.3 Å². The lowest BCUT2D eigenvalue weighted by Gasteiger charge is -2.07. The molecule has 0 fully saturated rings. The summed E-state index contributed by atoms with van der Waals surface area (Å²) in [6.45, 7) is 0.645. The van der Waals surface area contributed by atoms with Crippen molar-refractivity contribution in [1.82, 2.24) is 9.78 Å². The molecular weight excluding hydrogens is 314 g/mol. The molecule has 5 nitrogen and oxygen atoms in total. The van der Waals surface area contributed by atoms with E-state index in [0.717, 1.165) is 11.1 Å². The van der Waals surface area contributed by atoms with E-state index in [1.165, 1.54) is 0 Å². The molecular formula is C20H17N3O2. The molecule has 3 aromatic rings. The predicted octanol–water partition coefficient (Wildman–Crippen LogP) is 3.31.